The molecule has 6 rings (SSSR count). The number of para-hydroxylation sites is 1. The molecule has 4 heterocycles. The predicted octanol–water partition coefficient (Wildman–Crippen LogP) is 4.10. The Morgan fingerprint density at radius 2 is 1.87 bits per heavy atom. The van der Waals surface area contributed by atoms with E-state index in [1.807, 2.05) is 72.5 Å². The maximum Gasteiger partial charge on any atom is 0.253 e. The second-order valence-corrected chi connectivity index (χ2v) is 8.62. The van der Waals surface area contributed by atoms with E-state index in [1.165, 1.54) is 0 Å². The summed E-state index contributed by atoms with van der Waals surface area (Å²) in [7, 11) is 4.00. The number of ether oxygens (including phenoxy) is 1. The molecule has 0 atom stereocenters. The average molecular weight is 412 g/mol. The second-order valence-electron chi connectivity index (χ2n) is 8.62. The molecule has 1 fully saturated rings. The SMILES string of the molecule is Cn1ncc2c1-c1ccccc1OC21CCN(C(=O)c2ccc3c(ccn3C)c2)CC1. The summed E-state index contributed by atoms with van der Waals surface area (Å²) in [5, 5.41) is 5.63. The zero-order chi connectivity index (χ0) is 21.2. The van der Waals surface area contributed by atoms with Gasteiger partial charge in [0.05, 0.1) is 11.9 Å². The van der Waals surface area contributed by atoms with Crippen molar-refractivity contribution in [2.75, 3.05) is 13.1 Å². The molecule has 4 aromatic rings. The highest BCUT2D eigenvalue weighted by atomic mass is 16.5. The van der Waals surface area contributed by atoms with Crippen LogP contribution in [0.3, 0.4) is 0 Å². The van der Waals surface area contributed by atoms with Crippen LogP contribution < -0.4 is 4.74 Å². The summed E-state index contributed by atoms with van der Waals surface area (Å²) >= 11 is 0. The fourth-order valence-electron chi connectivity index (χ4n) is 5.15. The van der Waals surface area contributed by atoms with Crippen molar-refractivity contribution in [3.05, 3.63) is 72.1 Å². The molecular weight excluding hydrogens is 388 g/mol. The number of hydrogen-bond acceptors (Lipinski definition) is 3. The van der Waals surface area contributed by atoms with Crippen LogP contribution in [0, 0.1) is 0 Å². The predicted molar refractivity (Wildman–Crippen MR) is 119 cm³/mol. The zero-order valence-electron chi connectivity index (χ0n) is 17.7. The minimum absolute atomic E-state index is 0.0863. The Bertz CT molecular complexity index is 1320. The van der Waals surface area contributed by atoms with Gasteiger partial charge >= 0.3 is 0 Å². The molecule has 1 spiro atoms. The van der Waals surface area contributed by atoms with Crippen LogP contribution in [0.5, 0.6) is 5.75 Å². The Morgan fingerprint density at radius 1 is 1.06 bits per heavy atom. The normalized spacial score (nSPS) is 16.8. The van der Waals surface area contributed by atoms with E-state index >= 15 is 0 Å². The van der Waals surface area contributed by atoms with Gasteiger partial charge in [-0.3, -0.25) is 9.48 Å². The average Bonchev–Trinajstić information content (AvgIpc) is 3.37. The van der Waals surface area contributed by atoms with Gasteiger partial charge in [-0.05, 0) is 36.4 Å². The van der Waals surface area contributed by atoms with Gasteiger partial charge in [-0.15, -0.1) is 0 Å². The fraction of sp³-hybridized carbons (Fsp3) is 0.280. The first-order valence-electron chi connectivity index (χ1n) is 10.7. The van der Waals surface area contributed by atoms with Crippen LogP contribution in [0.1, 0.15) is 28.8 Å². The van der Waals surface area contributed by atoms with Gasteiger partial charge in [0, 0.05) is 73.8 Å². The Labute approximate surface area is 180 Å². The number of carbonyl (C=O) groups excluding carboxylic acids is 1. The summed E-state index contributed by atoms with van der Waals surface area (Å²) in [5.41, 5.74) is 4.78. The molecule has 1 amide bonds. The number of aromatic nitrogens is 3. The zero-order valence-corrected chi connectivity index (χ0v) is 17.7. The molecule has 2 aliphatic rings. The van der Waals surface area contributed by atoms with E-state index in [2.05, 4.69) is 21.8 Å². The summed E-state index contributed by atoms with van der Waals surface area (Å²) in [6, 6.07) is 16.1. The van der Waals surface area contributed by atoms with Gasteiger partial charge in [-0.25, -0.2) is 0 Å². The van der Waals surface area contributed by atoms with E-state index in [9.17, 15) is 4.79 Å². The summed E-state index contributed by atoms with van der Waals surface area (Å²) in [4.78, 5) is 15.2. The van der Waals surface area contributed by atoms with Gasteiger partial charge in [0.2, 0.25) is 0 Å². The molecule has 1 saturated heterocycles. The van der Waals surface area contributed by atoms with Crippen LogP contribution >= 0.6 is 0 Å². The smallest absolute Gasteiger partial charge is 0.253 e. The molecule has 2 aromatic carbocycles. The van der Waals surface area contributed by atoms with Crippen molar-refractivity contribution >= 4 is 16.8 Å². The van der Waals surface area contributed by atoms with Crippen molar-refractivity contribution in [3.63, 3.8) is 0 Å². The van der Waals surface area contributed by atoms with E-state index in [0.717, 1.165) is 51.9 Å². The molecule has 6 heteroatoms. The number of piperidine rings is 1. The Hall–Kier alpha value is -3.54. The maximum absolute atomic E-state index is 13.2. The molecule has 31 heavy (non-hydrogen) atoms. The van der Waals surface area contributed by atoms with Gasteiger partial charge in [0.1, 0.15) is 11.4 Å². The molecule has 156 valence electrons. The van der Waals surface area contributed by atoms with Crippen LogP contribution in [0.2, 0.25) is 0 Å². The lowest BCUT2D eigenvalue weighted by molar-refractivity contribution is -0.00171. The molecule has 2 aromatic heterocycles. The molecule has 0 saturated carbocycles. The minimum atomic E-state index is -0.432. The largest absolute Gasteiger partial charge is 0.482 e. The van der Waals surface area contributed by atoms with Crippen LogP contribution in [-0.4, -0.2) is 38.2 Å². The van der Waals surface area contributed by atoms with Crippen molar-refractivity contribution in [1.29, 1.82) is 0 Å². The van der Waals surface area contributed by atoms with E-state index in [1.54, 1.807) is 0 Å². The number of likely N-dealkylation sites (tertiary alicyclic amines) is 1. The van der Waals surface area contributed by atoms with Crippen molar-refractivity contribution in [1.82, 2.24) is 19.2 Å². The van der Waals surface area contributed by atoms with E-state index in [4.69, 9.17) is 4.74 Å². The first kappa shape index (κ1) is 18.2. The summed E-state index contributed by atoms with van der Waals surface area (Å²) in [6.07, 6.45) is 5.46. The van der Waals surface area contributed by atoms with Gasteiger partial charge < -0.3 is 14.2 Å². The monoisotopic (exact) mass is 412 g/mol. The van der Waals surface area contributed by atoms with Crippen molar-refractivity contribution in [2.24, 2.45) is 14.1 Å². The molecule has 2 aliphatic heterocycles. The van der Waals surface area contributed by atoms with E-state index in [0.29, 0.717) is 13.1 Å². The number of rotatable bonds is 1. The van der Waals surface area contributed by atoms with Crippen molar-refractivity contribution < 1.29 is 9.53 Å². The number of amides is 1. The van der Waals surface area contributed by atoms with Crippen LogP contribution in [0.15, 0.2) is 60.9 Å². The third-order valence-electron chi connectivity index (χ3n) is 6.87. The summed E-state index contributed by atoms with van der Waals surface area (Å²) < 4.78 is 10.6. The van der Waals surface area contributed by atoms with E-state index in [-0.39, 0.29) is 5.91 Å². The number of fused-ring (bicyclic) bond motifs is 5. The van der Waals surface area contributed by atoms with Crippen LogP contribution in [-0.2, 0) is 19.7 Å². The molecule has 6 nitrogen and oxygen atoms in total. The standard InChI is InChI=1S/C25H24N4O2/c1-27-12-9-17-15-18(7-8-21(17)27)24(30)29-13-10-25(11-14-29)20-16-26-28(2)23(20)19-5-3-4-6-22(19)31-25/h3-9,12,15-16H,10-11,13-14H2,1-2H3. The lowest BCUT2D eigenvalue weighted by atomic mass is 9.81. The van der Waals surface area contributed by atoms with Gasteiger partial charge in [-0.1, -0.05) is 12.1 Å². The number of hydrogen-bond donors (Lipinski definition) is 0. The highest BCUT2D eigenvalue weighted by Crippen LogP contribution is 2.49. The number of benzene rings is 2. The highest BCUT2D eigenvalue weighted by Gasteiger charge is 2.45. The highest BCUT2D eigenvalue weighted by molar-refractivity contribution is 5.98. The van der Waals surface area contributed by atoms with Gasteiger partial charge in [0.25, 0.3) is 5.91 Å². The fourth-order valence-corrected chi connectivity index (χ4v) is 5.15. The first-order chi connectivity index (χ1) is 15.1. The Balaban J connectivity index is 1.28. The topological polar surface area (TPSA) is 52.3 Å². The molecule has 0 radical (unpaired) electrons. The lowest BCUT2D eigenvalue weighted by Crippen LogP contribution is -2.49. The Kier molecular flexibility index (Phi) is 3.81. The van der Waals surface area contributed by atoms with Gasteiger partial charge in [0.15, 0.2) is 0 Å². The third-order valence-corrected chi connectivity index (χ3v) is 6.87. The molecular formula is C25H24N4O2. The molecule has 0 unspecified atom stereocenters. The summed E-state index contributed by atoms with van der Waals surface area (Å²) in [6.45, 7) is 1.31. The molecule has 0 bridgehead atoms. The first-order valence-corrected chi connectivity index (χ1v) is 10.7. The minimum Gasteiger partial charge on any atom is -0.482 e. The summed E-state index contributed by atoms with van der Waals surface area (Å²) in [5.74, 6) is 0.983. The number of aryl methyl sites for hydroxylation is 2. The van der Waals surface area contributed by atoms with Gasteiger partial charge in [-0.2, -0.15) is 5.10 Å². The number of nitrogens with zero attached hydrogens (tertiary/aromatic N) is 4. The Morgan fingerprint density at radius 3 is 2.71 bits per heavy atom. The van der Waals surface area contributed by atoms with E-state index < -0.39 is 5.60 Å². The quantitative estimate of drug-likeness (QED) is 0.473. The lowest BCUT2D eigenvalue weighted by Gasteiger charge is -2.44. The maximum atomic E-state index is 13.2. The second kappa shape index (κ2) is 6.48. The van der Waals surface area contributed by atoms with Crippen molar-refractivity contribution in [3.8, 4) is 17.0 Å². The van der Waals surface area contributed by atoms with Crippen LogP contribution in [0.25, 0.3) is 22.2 Å². The van der Waals surface area contributed by atoms with Crippen LogP contribution in [0.4, 0.5) is 0 Å². The third kappa shape index (κ3) is 2.64. The molecule has 0 N–H and O–H groups in total. The van der Waals surface area contributed by atoms with Crippen molar-refractivity contribution in [2.45, 2.75) is 18.4 Å². The number of carbonyl (C=O) groups is 1. The molecule has 0 aliphatic carbocycles.